The van der Waals surface area contributed by atoms with Crippen LogP contribution in [-0.2, 0) is 12.0 Å². The molecular formula is C19H29N5O3. The van der Waals surface area contributed by atoms with Gasteiger partial charge in [0.25, 0.3) is 0 Å². The molecule has 0 saturated carbocycles. The molecule has 0 aliphatic carbocycles. The number of guanidine groups is 1. The lowest BCUT2D eigenvalue weighted by Crippen LogP contribution is -2.30. The Hall–Kier alpha value is -2.77. The molecule has 0 bridgehead atoms. The fraction of sp³-hybridized carbons (Fsp3) is 0.526. The maximum absolute atomic E-state index is 5.62. The monoisotopic (exact) mass is 375 g/mol. The predicted octanol–water partition coefficient (Wildman–Crippen LogP) is 3.35. The molecule has 0 saturated heterocycles. The molecule has 0 atom stereocenters. The van der Waals surface area contributed by atoms with Gasteiger partial charge in [-0.1, -0.05) is 25.9 Å². The number of nitrogens with one attached hydrogen (secondary N) is 2. The number of aliphatic imine (C=N–C) groups is 1. The maximum Gasteiger partial charge on any atom is 0.232 e. The Balaban J connectivity index is 2.13. The van der Waals surface area contributed by atoms with Crippen molar-refractivity contribution in [3.05, 3.63) is 29.9 Å². The standard InChI is InChI=1S/C19H29N5O3/c1-7-20-18(21-12-16-23-17(27-24-16)19(3,4)5)22-13-9-10-14(25-6)15(11-13)26-8-2/h9-11H,7-8,12H2,1-6H3,(H2,20,21,22). The van der Waals surface area contributed by atoms with Gasteiger partial charge in [0.15, 0.2) is 23.3 Å². The van der Waals surface area contributed by atoms with Crippen LogP contribution < -0.4 is 20.1 Å². The van der Waals surface area contributed by atoms with Crippen molar-refractivity contribution in [2.45, 2.75) is 46.6 Å². The summed E-state index contributed by atoms with van der Waals surface area (Å²) in [6, 6.07) is 5.63. The van der Waals surface area contributed by atoms with E-state index in [9.17, 15) is 0 Å². The molecule has 0 aliphatic rings. The Morgan fingerprint density at radius 2 is 2.00 bits per heavy atom. The quantitative estimate of drug-likeness (QED) is 0.566. The van der Waals surface area contributed by atoms with Crippen molar-refractivity contribution < 1.29 is 14.0 Å². The second-order valence-corrected chi connectivity index (χ2v) is 6.88. The van der Waals surface area contributed by atoms with Crippen molar-refractivity contribution in [2.75, 3.05) is 25.6 Å². The molecule has 27 heavy (non-hydrogen) atoms. The van der Waals surface area contributed by atoms with E-state index in [0.29, 0.717) is 42.3 Å². The highest BCUT2D eigenvalue weighted by atomic mass is 16.5. The molecule has 0 fully saturated rings. The zero-order chi connectivity index (χ0) is 19.9. The molecule has 8 nitrogen and oxygen atoms in total. The van der Waals surface area contributed by atoms with E-state index in [0.717, 1.165) is 12.2 Å². The van der Waals surface area contributed by atoms with Crippen LogP contribution in [0.15, 0.2) is 27.7 Å². The van der Waals surface area contributed by atoms with Gasteiger partial charge in [-0.25, -0.2) is 4.99 Å². The highest BCUT2D eigenvalue weighted by molar-refractivity contribution is 5.93. The highest BCUT2D eigenvalue weighted by Crippen LogP contribution is 2.30. The number of rotatable bonds is 7. The van der Waals surface area contributed by atoms with Gasteiger partial charge in [-0.2, -0.15) is 4.98 Å². The molecule has 0 amide bonds. The third-order valence-corrected chi connectivity index (χ3v) is 3.56. The van der Waals surface area contributed by atoms with Gasteiger partial charge >= 0.3 is 0 Å². The summed E-state index contributed by atoms with van der Waals surface area (Å²) in [4.78, 5) is 8.93. The molecule has 0 aliphatic heterocycles. The number of benzene rings is 1. The largest absolute Gasteiger partial charge is 0.493 e. The van der Waals surface area contributed by atoms with E-state index in [1.165, 1.54) is 0 Å². The summed E-state index contributed by atoms with van der Waals surface area (Å²) in [6.07, 6.45) is 0. The number of ether oxygens (including phenoxy) is 2. The van der Waals surface area contributed by atoms with Crippen molar-refractivity contribution in [1.29, 1.82) is 0 Å². The molecule has 2 N–H and O–H groups in total. The molecule has 0 unspecified atom stereocenters. The number of anilines is 1. The fourth-order valence-electron chi connectivity index (χ4n) is 2.24. The smallest absolute Gasteiger partial charge is 0.232 e. The Bertz CT molecular complexity index is 765. The topological polar surface area (TPSA) is 93.8 Å². The summed E-state index contributed by atoms with van der Waals surface area (Å²) in [5, 5.41) is 10.5. The molecule has 0 spiro atoms. The van der Waals surface area contributed by atoms with Crippen LogP contribution in [0.3, 0.4) is 0 Å². The van der Waals surface area contributed by atoms with Gasteiger partial charge in [-0.3, -0.25) is 0 Å². The maximum atomic E-state index is 5.62. The molecule has 8 heteroatoms. The summed E-state index contributed by atoms with van der Waals surface area (Å²) in [6.45, 7) is 11.6. The van der Waals surface area contributed by atoms with Gasteiger partial charge in [-0.05, 0) is 26.0 Å². The fourth-order valence-corrected chi connectivity index (χ4v) is 2.24. The zero-order valence-electron chi connectivity index (χ0n) is 16.9. The van der Waals surface area contributed by atoms with Crippen LogP contribution >= 0.6 is 0 Å². The second-order valence-electron chi connectivity index (χ2n) is 6.88. The average Bonchev–Trinajstić information content (AvgIpc) is 3.10. The number of nitrogens with zero attached hydrogens (tertiary/aromatic N) is 3. The number of aromatic nitrogens is 2. The first-order valence-corrected chi connectivity index (χ1v) is 9.06. The van der Waals surface area contributed by atoms with Crippen molar-refractivity contribution in [2.24, 2.45) is 4.99 Å². The Morgan fingerprint density at radius 3 is 2.59 bits per heavy atom. The van der Waals surface area contributed by atoms with Crippen molar-refractivity contribution >= 4 is 11.6 Å². The summed E-state index contributed by atoms with van der Waals surface area (Å²) in [7, 11) is 1.62. The van der Waals surface area contributed by atoms with Gasteiger partial charge in [0.2, 0.25) is 5.89 Å². The van der Waals surface area contributed by atoms with Crippen molar-refractivity contribution in [3.63, 3.8) is 0 Å². The first kappa shape index (κ1) is 20.5. The molecule has 148 valence electrons. The molecule has 1 aromatic carbocycles. The first-order valence-electron chi connectivity index (χ1n) is 9.06. The molecule has 2 rings (SSSR count). The number of hydrogen-bond donors (Lipinski definition) is 2. The van der Waals surface area contributed by atoms with Crippen LogP contribution in [0.5, 0.6) is 11.5 Å². The summed E-state index contributed by atoms with van der Waals surface area (Å²) in [5.41, 5.74) is 0.652. The van der Waals surface area contributed by atoms with Crippen LogP contribution in [0.2, 0.25) is 0 Å². The molecule has 1 aromatic heterocycles. The summed E-state index contributed by atoms with van der Waals surface area (Å²) in [5.74, 6) is 3.12. The minimum absolute atomic E-state index is 0.184. The highest BCUT2D eigenvalue weighted by Gasteiger charge is 2.21. The molecule has 0 radical (unpaired) electrons. The van der Waals surface area contributed by atoms with Crippen LogP contribution in [0.25, 0.3) is 0 Å². The lowest BCUT2D eigenvalue weighted by Gasteiger charge is -2.14. The van der Waals surface area contributed by atoms with Crippen molar-refractivity contribution in [1.82, 2.24) is 15.5 Å². The summed E-state index contributed by atoms with van der Waals surface area (Å²) >= 11 is 0. The first-order chi connectivity index (χ1) is 12.9. The SMILES string of the molecule is CCNC(=NCc1noc(C(C)(C)C)n1)Nc1ccc(OC)c(OCC)c1. The lowest BCUT2D eigenvalue weighted by atomic mass is 9.97. The van der Waals surface area contributed by atoms with Crippen molar-refractivity contribution in [3.8, 4) is 11.5 Å². The third-order valence-electron chi connectivity index (χ3n) is 3.56. The van der Waals surface area contributed by atoms with Gasteiger partial charge in [0, 0.05) is 23.7 Å². The number of hydrogen-bond acceptors (Lipinski definition) is 6. The lowest BCUT2D eigenvalue weighted by molar-refractivity contribution is 0.311. The zero-order valence-corrected chi connectivity index (χ0v) is 16.9. The van der Waals surface area contributed by atoms with E-state index >= 15 is 0 Å². The Morgan fingerprint density at radius 1 is 1.22 bits per heavy atom. The van der Waals surface area contributed by atoms with E-state index in [1.54, 1.807) is 7.11 Å². The normalized spacial score (nSPS) is 12.0. The van der Waals surface area contributed by atoms with Gasteiger partial charge in [0.05, 0.1) is 13.7 Å². The minimum atomic E-state index is -0.184. The Labute approximate surface area is 160 Å². The average molecular weight is 375 g/mol. The third kappa shape index (κ3) is 5.87. The molecule has 1 heterocycles. The van der Waals surface area contributed by atoms with Gasteiger partial charge in [-0.15, -0.1) is 0 Å². The van der Waals surface area contributed by atoms with E-state index in [4.69, 9.17) is 14.0 Å². The van der Waals surface area contributed by atoms with E-state index in [-0.39, 0.29) is 5.41 Å². The van der Waals surface area contributed by atoms with Gasteiger partial charge in [0.1, 0.15) is 6.54 Å². The van der Waals surface area contributed by atoms with Crippen LogP contribution in [0.4, 0.5) is 5.69 Å². The number of methoxy groups -OCH3 is 1. The van der Waals surface area contributed by atoms with Crippen LogP contribution in [0.1, 0.15) is 46.3 Å². The minimum Gasteiger partial charge on any atom is -0.493 e. The summed E-state index contributed by atoms with van der Waals surface area (Å²) < 4.78 is 16.2. The van der Waals surface area contributed by atoms with Crippen LogP contribution in [0, 0.1) is 0 Å². The van der Waals surface area contributed by atoms with Gasteiger partial charge < -0.3 is 24.6 Å². The van der Waals surface area contributed by atoms with E-state index in [1.807, 2.05) is 52.8 Å². The second kappa shape index (κ2) is 9.25. The molecule has 2 aromatic rings. The van der Waals surface area contributed by atoms with Crippen LogP contribution in [-0.4, -0.2) is 36.4 Å². The predicted molar refractivity (Wildman–Crippen MR) is 106 cm³/mol. The molecular weight excluding hydrogens is 346 g/mol. The van der Waals surface area contributed by atoms with E-state index in [2.05, 4.69) is 25.8 Å². The Kier molecular flexibility index (Phi) is 7.04. The van der Waals surface area contributed by atoms with E-state index < -0.39 is 0 Å².